The molecule has 0 saturated heterocycles. The van der Waals surface area contributed by atoms with Gasteiger partial charge in [-0.15, -0.1) is 0 Å². The highest BCUT2D eigenvalue weighted by Gasteiger charge is 2.12. The fourth-order valence-electron chi connectivity index (χ4n) is 0.696. The minimum atomic E-state index is 0.581. The van der Waals surface area contributed by atoms with Crippen molar-refractivity contribution in [1.29, 1.82) is 0 Å². The molecule has 0 aromatic heterocycles. The van der Waals surface area contributed by atoms with E-state index in [0.29, 0.717) is 5.96 Å². The Labute approximate surface area is 52.8 Å². The van der Waals surface area contributed by atoms with Crippen molar-refractivity contribution in [2.45, 2.75) is 0 Å². The van der Waals surface area contributed by atoms with Crippen LogP contribution in [0.3, 0.4) is 0 Å². The minimum Gasteiger partial charge on any atom is -0.293 e. The van der Waals surface area contributed by atoms with Crippen LogP contribution in [0.25, 0.3) is 0 Å². The van der Waals surface area contributed by atoms with Crippen LogP contribution in [-0.2, 0) is 0 Å². The Morgan fingerprint density at radius 3 is 2.78 bits per heavy atom. The third-order valence-corrected chi connectivity index (χ3v) is 1.13. The molecule has 0 spiro atoms. The molecule has 0 aromatic carbocycles. The largest absolute Gasteiger partial charge is 0.293 e. The van der Waals surface area contributed by atoms with Gasteiger partial charge < -0.3 is 0 Å². The van der Waals surface area contributed by atoms with Gasteiger partial charge in [0, 0.05) is 0 Å². The van der Waals surface area contributed by atoms with Crippen molar-refractivity contribution in [1.82, 2.24) is 16.0 Å². The second-order valence-corrected chi connectivity index (χ2v) is 1.63. The van der Waals surface area contributed by atoms with Gasteiger partial charge in [-0.25, -0.2) is 10.8 Å². The van der Waals surface area contributed by atoms with E-state index in [0.717, 1.165) is 13.1 Å². The monoisotopic (exact) mass is 130 g/mol. The lowest BCUT2D eigenvalue weighted by molar-refractivity contribution is 0.332. The summed E-state index contributed by atoms with van der Waals surface area (Å²) in [6.07, 6.45) is 0. The van der Waals surface area contributed by atoms with E-state index in [1.54, 1.807) is 5.01 Å². The van der Waals surface area contributed by atoms with Gasteiger partial charge in [0.1, 0.15) is 0 Å². The van der Waals surface area contributed by atoms with Gasteiger partial charge >= 0.3 is 0 Å². The molecule has 0 saturated carbocycles. The number of rotatable bonds is 1. The molecule has 0 unspecified atom stereocenters. The minimum absolute atomic E-state index is 0.581. The molecule has 0 aromatic rings. The van der Waals surface area contributed by atoms with Gasteiger partial charge in [0.05, 0.1) is 13.1 Å². The molecule has 0 fully saturated rings. The van der Waals surface area contributed by atoms with Crippen molar-refractivity contribution in [2.24, 2.45) is 16.7 Å². The normalized spacial score (nSPS) is 18.0. The fourth-order valence-corrected chi connectivity index (χ4v) is 0.696. The predicted octanol–water partition coefficient (Wildman–Crippen LogP) is -2.50. The fraction of sp³-hybridized carbons (Fsp3) is 0.667. The number of hydrazine groups is 3. The third-order valence-electron chi connectivity index (χ3n) is 1.13. The van der Waals surface area contributed by atoms with Gasteiger partial charge in [-0.1, -0.05) is 0 Å². The summed E-state index contributed by atoms with van der Waals surface area (Å²) >= 11 is 0. The quantitative estimate of drug-likeness (QED) is 0.233. The van der Waals surface area contributed by atoms with E-state index in [1.165, 1.54) is 0 Å². The topological polar surface area (TPSA) is 91.7 Å². The summed E-state index contributed by atoms with van der Waals surface area (Å²) in [6, 6.07) is 0. The van der Waals surface area contributed by atoms with E-state index in [2.05, 4.69) is 16.0 Å². The first-order valence-corrected chi connectivity index (χ1v) is 2.63. The van der Waals surface area contributed by atoms with Gasteiger partial charge in [-0.3, -0.25) is 16.3 Å². The van der Waals surface area contributed by atoms with Gasteiger partial charge in [0.15, 0.2) is 0 Å². The zero-order valence-electron chi connectivity index (χ0n) is 4.96. The summed E-state index contributed by atoms with van der Waals surface area (Å²) in [6.45, 7) is 1.49. The number of nitrogens with two attached hydrogens (primary N) is 2. The Morgan fingerprint density at radius 2 is 2.33 bits per heavy atom. The molecule has 0 amide bonds. The lowest BCUT2D eigenvalue weighted by Gasteiger charge is -2.16. The highest BCUT2D eigenvalue weighted by atomic mass is 15.7. The summed E-state index contributed by atoms with van der Waals surface area (Å²) in [5.41, 5.74) is 4.82. The first-order chi connectivity index (χ1) is 4.38. The van der Waals surface area contributed by atoms with Crippen LogP contribution in [0, 0.1) is 0 Å². The van der Waals surface area contributed by atoms with E-state index in [-0.39, 0.29) is 0 Å². The summed E-state index contributed by atoms with van der Waals surface area (Å²) in [5, 5.41) is 1.62. The van der Waals surface area contributed by atoms with E-state index in [9.17, 15) is 0 Å². The predicted molar refractivity (Wildman–Crippen MR) is 33.7 cm³/mol. The molecule has 1 heterocycles. The molecule has 1 aliphatic rings. The maximum absolute atomic E-state index is 5.10. The molecule has 52 valence electrons. The second kappa shape index (κ2) is 2.62. The highest BCUT2D eigenvalue weighted by molar-refractivity contribution is 5.80. The number of aliphatic imine (C=N–C) groups is 1. The van der Waals surface area contributed by atoms with Crippen LogP contribution in [0.4, 0.5) is 0 Å². The number of hydrogen-bond donors (Lipinski definition) is 4. The van der Waals surface area contributed by atoms with Crippen molar-refractivity contribution in [3.8, 4) is 0 Å². The van der Waals surface area contributed by atoms with Crippen molar-refractivity contribution >= 4 is 5.96 Å². The Hall–Kier alpha value is -0.850. The zero-order valence-corrected chi connectivity index (χ0v) is 4.96. The third kappa shape index (κ3) is 1.10. The number of hydrogen-bond acceptors (Lipinski definition) is 6. The molecule has 1 rings (SSSR count). The molecule has 1 aliphatic heterocycles. The molecule has 0 radical (unpaired) electrons. The van der Waals surface area contributed by atoms with Gasteiger partial charge in [0.25, 0.3) is 0 Å². The Kier molecular flexibility index (Phi) is 1.83. The van der Waals surface area contributed by atoms with Crippen molar-refractivity contribution in [2.75, 3.05) is 13.1 Å². The lowest BCUT2D eigenvalue weighted by atomic mass is 10.7. The molecule has 6 nitrogen and oxygen atoms in total. The maximum atomic E-state index is 5.10. The Morgan fingerprint density at radius 1 is 1.56 bits per heavy atom. The van der Waals surface area contributed by atoms with E-state index in [4.69, 9.17) is 11.7 Å². The van der Waals surface area contributed by atoms with E-state index in [1.807, 2.05) is 0 Å². The standard InChI is InChI=1S/C3H10N6/c4-7-3-6-1-2-9(3)8-5/h8H,1-2,4-5H2,(H,6,7). The van der Waals surface area contributed by atoms with Gasteiger partial charge in [0.2, 0.25) is 5.96 Å². The average molecular weight is 130 g/mol. The molecule has 0 aliphatic carbocycles. The molecule has 6 heteroatoms. The van der Waals surface area contributed by atoms with Crippen LogP contribution in [-0.4, -0.2) is 24.1 Å². The smallest absolute Gasteiger partial charge is 0.224 e. The van der Waals surface area contributed by atoms with Crippen LogP contribution in [0.15, 0.2) is 4.99 Å². The van der Waals surface area contributed by atoms with Crippen LogP contribution in [0.1, 0.15) is 0 Å². The number of guanidine groups is 1. The van der Waals surface area contributed by atoms with Crippen LogP contribution in [0.5, 0.6) is 0 Å². The molecule has 0 bridgehead atoms. The van der Waals surface area contributed by atoms with Crippen LogP contribution >= 0.6 is 0 Å². The highest BCUT2D eigenvalue weighted by Crippen LogP contribution is 1.91. The first-order valence-electron chi connectivity index (χ1n) is 2.63. The van der Waals surface area contributed by atoms with Crippen molar-refractivity contribution in [3.63, 3.8) is 0 Å². The molecular weight excluding hydrogens is 120 g/mol. The number of nitrogens with one attached hydrogen (secondary N) is 2. The summed E-state index contributed by atoms with van der Waals surface area (Å²) in [4.78, 5) is 3.97. The van der Waals surface area contributed by atoms with Crippen molar-refractivity contribution in [3.05, 3.63) is 0 Å². The first kappa shape index (κ1) is 6.27. The Bertz CT molecular complexity index is 119. The average Bonchev–Trinajstić information content (AvgIpc) is 2.33. The molecule has 0 atom stereocenters. The summed E-state index contributed by atoms with van der Waals surface area (Å²) < 4.78 is 0. The number of nitrogens with zero attached hydrogens (tertiary/aromatic N) is 2. The molecular formula is C3H10N6. The maximum Gasteiger partial charge on any atom is 0.224 e. The zero-order chi connectivity index (χ0) is 6.69. The van der Waals surface area contributed by atoms with Crippen LogP contribution in [0.2, 0.25) is 0 Å². The van der Waals surface area contributed by atoms with E-state index < -0.39 is 0 Å². The second-order valence-electron chi connectivity index (χ2n) is 1.63. The Balaban J connectivity index is 2.47. The van der Waals surface area contributed by atoms with E-state index >= 15 is 0 Å². The van der Waals surface area contributed by atoms with Gasteiger partial charge in [-0.05, 0) is 0 Å². The lowest BCUT2D eigenvalue weighted by Crippen LogP contribution is -2.51. The SMILES string of the molecule is NNC1=NCCN1NN. The molecule has 6 N–H and O–H groups in total. The van der Waals surface area contributed by atoms with Crippen molar-refractivity contribution < 1.29 is 0 Å². The molecule has 9 heavy (non-hydrogen) atoms. The summed E-state index contributed by atoms with van der Waals surface area (Å²) in [7, 11) is 0. The van der Waals surface area contributed by atoms with Gasteiger partial charge in [-0.2, -0.15) is 5.53 Å². The van der Waals surface area contributed by atoms with Crippen LogP contribution < -0.4 is 22.6 Å². The summed E-state index contributed by atoms with van der Waals surface area (Å²) in [5.74, 6) is 10.8.